The molecule has 0 atom stereocenters. The number of halogens is 1. The molecule has 0 unspecified atom stereocenters. The average molecular weight is 338 g/mol. The molecule has 122 valence electrons. The molecule has 0 bridgehead atoms. The Labute approximate surface area is 148 Å². The molecule has 0 aliphatic carbocycles. The van der Waals surface area contributed by atoms with Crippen LogP contribution in [0.15, 0.2) is 54.7 Å². The van der Waals surface area contributed by atoms with Crippen LogP contribution in [0.25, 0.3) is 11.1 Å². The molecule has 0 saturated heterocycles. The molecule has 1 aromatic heterocycles. The minimum Gasteiger partial charge on any atom is -0.265 e. The highest BCUT2D eigenvalue weighted by molar-refractivity contribution is 6.32. The van der Waals surface area contributed by atoms with Gasteiger partial charge in [0.2, 0.25) is 0 Å². The lowest BCUT2D eigenvalue weighted by Gasteiger charge is -2.07. The first-order valence-electron chi connectivity index (χ1n) is 7.70. The number of allylic oxidation sites excluding steroid dienone is 5. The van der Waals surface area contributed by atoms with Crippen LogP contribution in [0, 0.1) is 25.2 Å². The van der Waals surface area contributed by atoms with Crippen LogP contribution >= 0.6 is 11.6 Å². The van der Waals surface area contributed by atoms with E-state index in [1.54, 1.807) is 12.1 Å². The van der Waals surface area contributed by atoms with E-state index < -0.39 is 0 Å². The van der Waals surface area contributed by atoms with E-state index in [-0.39, 0.29) is 0 Å². The van der Waals surface area contributed by atoms with E-state index in [0.717, 1.165) is 28.1 Å². The van der Waals surface area contributed by atoms with Gasteiger partial charge >= 0.3 is 0 Å². The van der Waals surface area contributed by atoms with Crippen LogP contribution in [0.5, 0.6) is 0 Å². The van der Waals surface area contributed by atoms with E-state index in [1.165, 1.54) is 0 Å². The lowest BCUT2D eigenvalue weighted by atomic mass is 10.0. The second kappa shape index (κ2) is 7.81. The number of hydrogen-bond acceptors (Lipinski definition) is 2. The monoisotopic (exact) mass is 337 g/mol. The maximum absolute atomic E-state index is 9.02. The van der Waals surface area contributed by atoms with Gasteiger partial charge in [-0.3, -0.25) is 4.68 Å². The van der Waals surface area contributed by atoms with Gasteiger partial charge in [-0.15, -0.1) is 0 Å². The standard InChI is InChI=1S/C20H20ClN3/c1-5-7-16(8-6-2)13-24-15(4)20(14(3)23-24)17-9-10-18(12-22)19(21)11-17/h5-11H,1,13H2,2-4H3/b8-6-,16-7+. The normalized spacial score (nSPS) is 11.7. The van der Waals surface area contributed by atoms with Gasteiger partial charge in [-0.2, -0.15) is 10.4 Å². The molecule has 0 aliphatic heterocycles. The van der Waals surface area contributed by atoms with E-state index >= 15 is 0 Å². The SMILES string of the molecule is C=C/C=C(\C=C/C)Cn1nc(C)c(-c2ccc(C#N)c(Cl)c2)c1C. The fourth-order valence-corrected chi connectivity index (χ4v) is 2.95. The summed E-state index contributed by atoms with van der Waals surface area (Å²) < 4.78 is 1.98. The van der Waals surface area contributed by atoms with Gasteiger partial charge in [0.15, 0.2) is 0 Å². The van der Waals surface area contributed by atoms with Gasteiger partial charge in [-0.1, -0.05) is 48.6 Å². The van der Waals surface area contributed by atoms with Gasteiger partial charge in [0.05, 0.1) is 22.8 Å². The van der Waals surface area contributed by atoms with E-state index in [1.807, 2.05) is 49.7 Å². The first-order chi connectivity index (χ1) is 11.5. The summed E-state index contributed by atoms with van der Waals surface area (Å²) in [7, 11) is 0. The third-order valence-corrected chi connectivity index (χ3v) is 4.12. The molecule has 0 spiro atoms. The molecule has 0 aliphatic rings. The van der Waals surface area contributed by atoms with E-state index in [4.69, 9.17) is 16.9 Å². The number of benzene rings is 1. The first kappa shape index (κ1) is 17.8. The number of rotatable bonds is 5. The fourth-order valence-electron chi connectivity index (χ4n) is 2.73. The van der Waals surface area contributed by atoms with Crippen LogP contribution in [0.3, 0.4) is 0 Å². The minimum atomic E-state index is 0.461. The van der Waals surface area contributed by atoms with Crippen molar-refractivity contribution in [1.82, 2.24) is 9.78 Å². The van der Waals surface area contributed by atoms with Crippen LogP contribution in [-0.2, 0) is 6.54 Å². The molecule has 0 N–H and O–H groups in total. The summed E-state index contributed by atoms with van der Waals surface area (Å²) in [6.45, 7) is 10.5. The second-order valence-electron chi connectivity index (χ2n) is 5.49. The average Bonchev–Trinajstić information content (AvgIpc) is 2.82. The summed E-state index contributed by atoms with van der Waals surface area (Å²) >= 11 is 6.18. The van der Waals surface area contributed by atoms with Crippen molar-refractivity contribution in [2.24, 2.45) is 0 Å². The molecular weight excluding hydrogens is 318 g/mol. The Morgan fingerprint density at radius 2 is 2.17 bits per heavy atom. The Morgan fingerprint density at radius 1 is 1.42 bits per heavy atom. The highest BCUT2D eigenvalue weighted by Gasteiger charge is 2.15. The van der Waals surface area contributed by atoms with E-state index in [2.05, 4.69) is 23.8 Å². The fraction of sp³-hybridized carbons (Fsp3) is 0.200. The highest BCUT2D eigenvalue weighted by Crippen LogP contribution is 2.30. The van der Waals surface area contributed by atoms with Gasteiger partial charge in [-0.25, -0.2) is 0 Å². The number of aryl methyl sites for hydroxylation is 1. The van der Waals surface area contributed by atoms with Crippen molar-refractivity contribution in [3.63, 3.8) is 0 Å². The highest BCUT2D eigenvalue weighted by atomic mass is 35.5. The van der Waals surface area contributed by atoms with Crippen LogP contribution in [-0.4, -0.2) is 9.78 Å². The molecule has 24 heavy (non-hydrogen) atoms. The molecule has 1 heterocycles. The molecule has 4 heteroatoms. The molecular formula is C20H20ClN3. The lowest BCUT2D eigenvalue weighted by molar-refractivity contribution is 0.658. The molecule has 0 saturated carbocycles. The van der Waals surface area contributed by atoms with Crippen molar-refractivity contribution < 1.29 is 0 Å². The van der Waals surface area contributed by atoms with Crippen molar-refractivity contribution in [3.05, 3.63) is 76.6 Å². The lowest BCUT2D eigenvalue weighted by Crippen LogP contribution is -2.04. The van der Waals surface area contributed by atoms with Gasteiger partial charge in [0.1, 0.15) is 6.07 Å². The van der Waals surface area contributed by atoms with Gasteiger partial charge in [-0.05, 0) is 44.0 Å². The quantitative estimate of drug-likeness (QED) is 0.687. The zero-order chi connectivity index (χ0) is 17.7. The summed E-state index contributed by atoms with van der Waals surface area (Å²) in [5.41, 5.74) is 5.63. The second-order valence-corrected chi connectivity index (χ2v) is 5.89. The Kier molecular flexibility index (Phi) is 5.78. The van der Waals surface area contributed by atoms with Crippen molar-refractivity contribution in [3.8, 4) is 17.2 Å². The molecule has 3 nitrogen and oxygen atoms in total. The third kappa shape index (κ3) is 3.67. The third-order valence-electron chi connectivity index (χ3n) is 3.80. The van der Waals surface area contributed by atoms with Crippen LogP contribution in [0.1, 0.15) is 23.9 Å². The maximum Gasteiger partial charge on any atom is 0.101 e. The van der Waals surface area contributed by atoms with E-state index in [9.17, 15) is 0 Å². The molecule has 0 fully saturated rings. The Bertz CT molecular complexity index is 864. The molecule has 0 amide bonds. The topological polar surface area (TPSA) is 41.6 Å². The van der Waals surface area contributed by atoms with Crippen LogP contribution in [0.4, 0.5) is 0 Å². The summed E-state index contributed by atoms with van der Waals surface area (Å²) in [6.07, 6.45) is 7.82. The number of nitrogens with zero attached hydrogens (tertiary/aromatic N) is 3. The number of hydrogen-bond donors (Lipinski definition) is 0. The molecule has 2 aromatic rings. The summed E-state index contributed by atoms with van der Waals surface area (Å²) in [5, 5.41) is 14.1. The van der Waals surface area contributed by atoms with E-state index in [0.29, 0.717) is 17.1 Å². The summed E-state index contributed by atoms with van der Waals surface area (Å²) in [6, 6.07) is 7.57. The predicted molar refractivity (Wildman–Crippen MR) is 100.0 cm³/mol. The minimum absolute atomic E-state index is 0.461. The smallest absolute Gasteiger partial charge is 0.101 e. The molecule has 0 radical (unpaired) electrons. The van der Waals surface area contributed by atoms with Crippen molar-refractivity contribution in [2.45, 2.75) is 27.3 Å². The van der Waals surface area contributed by atoms with Crippen molar-refractivity contribution in [2.75, 3.05) is 0 Å². The first-order valence-corrected chi connectivity index (χ1v) is 8.08. The predicted octanol–water partition coefficient (Wildman–Crippen LogP) is 5.38. The van der Waals surface area contributed by atoms with Crippen molar-refractivity contribution in [1.29, 1.82) is 5.26 Å². The summed E-state index contributed by atoms with van der Waals surface area (Å²) in [5.74, 6) is 0. The largest absolute Gasteiger partial charge is 0.265 e. The Hall–Kier alpha value is -2.57. The summed E-state index contributed by atoms with van der Waals surface area (Å²) in [4.78, 5) is 0. The van der Waals surface area contributed by atoms with Crippen molar-refractivity contribution >= 4 is 11.6 Å². The van der Waals surface area contributed by atoms with Gasteiger partial charge < -0.3 is 0 Å². The maximum atomic E-state index is 9.02. The zero-order valence-electron chi connectivity index (χ0n) is 14.2. The van der Waals surface area contributed by atoms with Gasteiger partial charge in [0.25, 0.3) is 0 Å². The van der Waals surface area contributed by atoms with Crippen LogP contribution in [0.2, 0.25) is 5.02 Å². The Balaban J connectivity index is 2.46. The number of nitriles is 1. The Morgan fingerprint density at radius 3 is 2.75 bits per heavy atom. The van der Waals surface area contributed by atoms with Crippen LogP contribution < -0.4 is 0 Å². The molecule has 1 aromatic carbocycles. The zero-order valence-corrected chi connectivity index (χ0v) is 14.9. The number of aromatic nitrogens is 2. The molecule has 2 rings (SSSR count). The van der Waals surface area contributed by atoms with Gasteiger partial charge in [0, 0.05) is 11.3 Å².